The van der Waals surface area contributed by atoms with Gasteiger partial charge in [0.05, 0.1) is 13.2 Å². The van der Waals surface area contributed by atoms with Crippen molar-refractivity contribution in [2.45, 2.75) is 25.4 Å². The summed E-state index contributed by atoms with van der Waals surface area (Å²) in [7, 11) is -4.14. The highest BCUT2D eigenvalue weighted by atomic mass is 31.2. The van der Waals surface area contributed by atoms with Gasteiger partial charge in [0.2, 0.25) is 5.52 Å². The van der Waals surface area contributed by atoms with Crippen molar-refractivity contribution in [2.75, 3.05) is 24.0 Å². The van der Waals surface area contributed by atoms with Crippen LogP contribution in [0.4, 0.5) is 11.8 Å². The first-order chi connectivity index (χ1) is 10.4. The second-order valence-corrected chi connectivity index (χ2v) is 6.80. The minimum atomic E-state index is -4.14. The summed E-state index contributed by atoms with van der Waals surface area (Å²) in [5.74, 6) is 0.833. The maximum Gasteiger partial charge on any atom is 0.350 e. The van der Waals surface area contributed by atoms with Crippen LogP contribution in [-0.4, -0.2) is 43.7 Å². The van der Waals surface area contributed by atoms with Crippen molar-refractivity contribution in [3.05, 3.63) is 6.33 Å². The van der Waals surface area contributed by atoms with E-state index in [-0.39, 0.29) is 12.6 Å². The Morgan fingerprint density at radius 2 is 2.27 bits per heavy atom. The fraction of sp³-hybridized carbons (Fsp3) is 0.545. The first-order valence-corrected chi connectivity index (χ1v) is 8.65. The highest BCUT2D eigenvalue weighted by Gasteiger charge is 2.26. The molecule has 11 heteroatoms. The number of anilines is 2. The predicted octanol–water partition coefficient (Wildman–Crippen LogP) is -0.446. The summed E-state index contributed by atoms with van der Waals surface area (Å²) in [4.78, 5) is 29.0. The summed E-state index contributed by atoms with van der Waals surface area (Å²) in [6.45, 7) is 0.539. The summed E-state index contributed by atoms with van der Waals surface area (Å²) < 4.78 is 17.5. The zero-order valence-electron chi connectivity index (χ0n) is 11.8. The van der Waals surface area contributed by atoms with Crippen molar-refractivity contribution in [1.82, 2.24) is 15.0 Å². The summed E-state index contributed by atoms with van der Waals surface area (Å²) in [5.41, 5.74) is 7.10. The van der Waals surface area contributed by atoms with Gasteiger partial charge in [-0.05, 0) is 12.8 Å². The van der Waals surface area contributed by atoms with Gasteiger partial charge in [0.25, 0.3) is 5.95 Å². The fourth-order valence-electron chi connectivity index (χ4n) is 2.05. The number of fused-ring (bicyclic) bond motifs is 1. The molecule has 1 fully saturated rings. The van der Waals surface area contributed by atoms with E-state index in [0.29, 0.717) is 24.1 Å². The lowest BCUT2D eigenvalue weighted by atomic mass is 10.4. The second-order valence-electron chi connectivity index (χ2n) is 5.22. The minimum Gasteiger partial charge on any atom is -0.366 e. The maximum atomic E-state index is 10.7. The molecule has 2 heterocycles. The molecule has 2 aromatic rings. The third-order valence-electron chi connectivity index (χ3n) is 3.20. The van der Waals surface area contributed by atoms with Gasteiger partial charge in [-0.15, -0.1) is 0 Å². The molecule has 3 rings (SSSR count). The number of nitrogens with two attached hydrogens (primary N) is 1. The summed E-state index contributed by atoms with van der Waals surface area (Å²) in [5, 5.41) is 3.29. The number of aromatic nitrogens is 4. The maximum absolute atomic E-state index is 10.7. The minimum absolute atomic E-state index is 0.151. The molecule has 6 N–H and O–H groups in total. The average molecular weight is 329 g/mol. The molecule has 0 radical (unpaired) electrons. The van der Waals surface area contributed by atoms with E-state index in [9.17, 15) is 4.57 Å². The summed E-state index contributed by atoms with van der Waals surface area (Å²) in [6.07, 6.45) is 3.34. The Kier molecular flexibility index (Phi) is 4.00. The number of hydrogen-bond donors (Lipinski definition) is 5. The van der Waals surface area contributed by atoms with Gasteiger partial charge in [0.1, 0.15) is 6.35 Å². The molecule has 0 amide bonds. The van der Waals surface area contributed by atoms with Gasteiger partial charge >= 0.3 is 13.2 Å². The van der Waals surface area contributed by atoms with Crippen LogP contribution in [0.15, 0.2) is 6.33 Å². The molecule has 2 aromatic heterocycles. The lowest BCUT2D eigenvalue weighted by molar-refractivity contribution is -0.674. The Bertz CT molecular complexity index is 725. The van der Waals surface area contributed by atoms with Crippen LogP contribution >= 0.6 is 7.60 Å². The molecular weight excluding hydrogens is 311 g/mol. The molecule has 0 saturated heterocycles. The quantitative estimate of drug-likeness (QED) is 0.260. The first kappa shape index (κ1) is 15.2. The van der Waals surface area contributed by atoms with Crippen molar-refractivity contribution < 1.29 is 23.7 Å². The lowest BCUT2D eigenvalue weighted by Gasteiger charge is -2.05. The number of H-pyrrole nitrogens is 1. The van der Waals surface area contributed by atoms with Gasteiger partial charge < -0.3 is 25.6 Å². The molecule has 1 aliphatic rings. The van der Waals surface area contributed by atoms with Gasteiger partial charge in [-0.1, -0.05) is 4.98 Å². The van der Waals surface area contributed by atoms with E-state index in [1.807, 2.05) is 0 Å². The Morgan fingerprint density at radius 1 is 1.50 bits per heavy atom. The number of imidazole rings is 1. The molecule has 22 heavy (non-hydrogen) atoms. The number of aromatic amines is 1. The smallest absolute Gasteiger partial charge is 0.350 e. The van der Waals surface area contributed by atoms with E-state index in [1.165, 1.54) is 0 Å². The van der Waals surface area contributed by atoms with E-state index in [2.05, 4.69) is 20.3 Å². The van der Waals surface area contributed by atoms with Crippen molar-refractivity contribution in [3.8, 4) is 0 Å². The van der Waals surface area contributed by atoms with Gasteiger partial charge in [-0.2, -0.15) is 4.98 Å². The lowest BCUT2D eigenvalue weighted by Crippen LogP contribution is -2.35. The van der Waals surface area contributed by atoms with Crippen LogP contribution in [0, 0.1) is 0 Å². The number of ether oxygens (including phenoxy) is 1. The molecule has 0 unspecified atom stereocenters. The largest absolute Gasteiger partial charge is 0.366 e. The Labute approximate surface area is 125 Å². The van der Waals surface area contributed by atoms with Gasteiger partial charge in [-0.3, -0.25) is 9.55 Å². The SMILES string of the molecule is Nc1nc(NC2CC2)c2[nH]c[n+](CCOCP(=O)(O)O)c2n1. The Hall–Kier alpha value is -1.74. The van der Waals surface area contributed by atoms with Crippen molar-refractivity contribution in [3.63, 3.8) is 0 Å². The van der Waals surface area contributed by atoms with Crippen LogP contribution < -0.4 is 15.6 Å². The molecule has 0 spiro atoms. The molecule has 10 nitrogen and oxygen atoms in total. The van der Waals surface area contributed by atoms with Crippen molar-refractivity contribution >= 4 is 30.5 Å². The zero-order chi connectivity index (χ0) is 15.7. The Balaban J connectivity index is 1.73. The number of nitrogen functional groups attached to an aromatic ring is 1. The molecule has 0 aromatic carbocycles. The number of hydrogen-bond acceptors (Lipinski definition) is 6. The fourth-order valence-corrected chi connectivity index (χ4v) is 2.42. The number of rotatable bonds is 7. The van der Waals surface area contributed by atoms with E-state index in [0.717, 1.165) is 18.4 Å². The highest BCUT2D eigenvalue weighted by Crippen LogP contribution is 2.33. The normalized spacial score (nSPS) is 15.4. The number of nitrogens with zero attached hydrogens (tertiary/aromatic N) is 3. The molecule has 0 aliphatic heterocycles. The van der Waals surface area contributed by atoms with Crippen LogP contribution in [-0.2, 0) is 15.8 Å². The topological polar surface area (TPSA) is 150 Å². The number of nitrogens with one attached hydrogen (secondary N) is 2. The van der Waals surface area contributed by atoms with E-state index in [4.69, 9.17) is 20.3 Å². The molecule has 120 valence electrons. The van der Waals surface area contributed by atoms with Crippen LogP contribution in [0.1, 0.15) is 12.8 Å². The van der Waals surface area contributed by atoms with Gasteiger partial charge in [0, 0.05) is 6.04 Å². The molecule has 0 bridgehead atoms. The first-order valence-electron chi connectivity index (χ1n) is 6.85. The summed E-state index contributed by atoms with van der Waals surface area (Å²) >= 11 is 0. The van der Waals surface area contributed by atoms with Crippen LogP contribution in [0.3, 0.4) is 0 Å². The second kappa shape index (κ2) is 5.81. The summed E-state index contributed by atoms with van der Waals surface area (Å²) in [6, 6.07) is 0.431. The standard InChI is InChI=1S/C11H17N6O4P/c12-11-15-9(14-7-1-2-7)8-10(16-11)17(5-13-8)3-4-21-6-22(18,19)20/h5,7H,1-4,6H2,(H5,12,14,15,16,18,19,20)/p+1. The predicted molar refractivity (Wildman–Crippen MR) is 78.0 cm³/mol. The highest BCUT2D eigenvalue weighted by molar-refractivity contribution is 7.51. The molecular formula is C11H18N6O4P+. The van der Waals surface area contributed by atoms with Gasteiger partial charge in [0.15, 0.2) is 12.1 Å². The van der Waals surface area contributed by atoms with Gasteiger partial charge in [-0.25, -0.2) is 4.57 Å². The zero-order valence-corrected chi connectivity index (χ0v) is 12.7. The third kappa shape index (κ3) is 3.72. The average Bonchev–Trinajstić information content (AvgIpc) is 3.13. The van der Waals surface area contributed by atoms with E-state index < -0.39 is 13.9 Å². The van der Waals surface area contributed by atoms with E-state index >= 15 is 0 Å². The van der Waals surface area contributed by atoms with Crippen molar-refractivity contribution in [2.24, 2.45) is 0 Å². The van der Waals surface area contributed by atoms with Crippen LogP contribution in [0.5, 0.6) is 0 Å². The van der Waals surface area contributed by atoms with Crippen LogP contribution in [0.25, 0.3) is 11.2 Å². The monoisotopic (exact) mass is 329 g/mol. The Morgan fingerprint density at radius 3 is 2.95 bits per heavy atom. The molecule has 1 saturated carbocycles. The molecule has 0 atom stereocenters. The third-order valence-corrected chi connectivity index (χ3v) is 3.72. The van der Waals surface area contributed by atoms with Crippen molar-refractivity contribution in [1.29, 1.82) is 0 Å². The molecule has 1 aliphatic carbocycles. The van der Waals surface area contributed by atoms with Crippen LogP contribution in [0.2, 0.25) is 0 Å². The van der Waals surface area contributed by atoms with E-state index in [1.54, 1.807) is 10.9 Å².